The number of aliphatic hydroxyl groups excluding tert-OH is 1. The largest absolute Gasteiger partial charge is 0.416 e. The van der Waals surface area contributed by atoms with Crippen LogP contribution in [0, 0.1) is 4.78 Å². The zero-order valence-electron chi connectivity index (χ0n) is 17.6. The molecule has 1 aliphatic heterocycles. The molecule has 0 bridgehead atoms. The van der Waals surface area contributed by atoms with E-state index in [9.17, 15) is 32.1 Å². The van der Waals surface area contributed by atoms with Crippen molar-refractivity contribution in [2.24, 2.45) is 7.05 Å². The Morgan fingerprint density at radius 2 is 1.94 bits per heavy atom. The van der Waals surface area contributed by atoms with Crippen molar-refractivity contribution in [2.75, 3.05) is 11.5 Å². The number of amides is 1. The average Bonchev–Trinajstić information content (AvgIpc) is 3.29. The molecule has 0 saturated carbocycles. The van der Waals surface area contributed by atoms with Gasteiger partial charge in [0.25, 0.3) is 11.5 Å². The highest BCUT2D eigenvalue weighted by Gasteiger charge is 2.36. The van der Waals surface area contributed by atoms with Crippen molar-refractivity contribution in [3.8, 4) is 16.9 Å². The fourth-order valence-corrected chi connectivity index (χ4v) is 5.37. The van der Waals surface area contributed by atoms with Gasteiger partial charge in [0.05, 0.1) is 47.3 Å². The van der Waals surface area contributed by atoms with Crippen LogP contribution in [0.1, 0.15) is 15.9 Å². The number of alkyl halides is 3. The van der Waals surface area contributed by atoms with Gasteiger partial charge in [-0.05, 0) is 18.2 Å². The number of benzene rings is 1. The average molecular weight is 496 g/mol. The van der Waals surface area contributed by atoms with Gasteiger partial charge in [0, 0.05) is 22.3 Å². The topological polar surface area (TPSA) is 143 Å². The number of nitrogens with one attached hydrogen (secondary N) is 2. The Balaban J connectivity index is 1.78. The molecule has 3 heterocycles. The van der Waals surface area contributed by atoms with Crippen molar-refractivity contribution in [3.05, 3.63) is 64.2 Å². The van der Waals surface area contributed by atoms with Gasteiger partial charge in [-0.2, -0.15) is 28.1 Å². The monoisotopic (exact) mass is 496 g/mol. The smallest absolute Gasteiger partial charge is 0.390 e. The van der Waals surface area contributed by atoms with E-state index >= 15 is 0 Å². The molecule has 4 rings (SSSR count). The van der Waals surface area contributed by atoms with Gasteiger partial charge in [-0.15, -0.1) is 0 Å². The molecule has 0 aliphatic carbocycles. The van der Waals surface area contributed by atoms with Crippen LogP contribution in [0.4, 0.5) is 13.2 Å². The predicted octanol–water partition coefficient (Wildman–Crippen LogP) is 1.17. The lowest BCUT2D eigenvalue weighted by Gasteiger charge is -2.16. The van der Waals surface area contributed by atoms with Crippen molar-refractivity contribution in [2.45, 2.75) is 18.3 Å². The Morgan fingerprint density at radius 3 is 2.47 bits per heavy atom. The van der Waals surface area contributed by atoms with Crippen LogP contribution in [0.15, 0.2) is 47.5 Å². The van der Waals surface area contributed by atoms with Gasteiger partial charge in [0.2, 0.25) is 0 Å². The third kappa shape index (κ3) is 4.72. The van der Waals surface area contributed by atoms with E-state index in [4.69, 9.17) is 4.78 Å². The Morgan fingerprint density at radius 1 is 1.26 bits per heavy atom. The maximum absolute atomic E-state index is 13.1. The molecular weight excluding hydrogens is 477 g/mol. The first-order valence-corrected chi connectivity index (χ1v) is 11.8. The van der Waals surface area contributed by atoms with E-state index in [2.05, 4.69) is 15.5 Å². The third-order valence-corrected chi connectivity index (χ3v) is 7.05. The zero-order valence-corrected chi connectivity index (χ0v) is 18.4. The molecule has 14 heteroatoms. The standard InChI is InChI=1S/C20H19F3N6O4S/c1-28-8-13(7-25-28)29-19(32)14(18(31)26-16-9-34(24,33)10-17(16)30)6-15(27-29)11-2-4-12(5-3-11)20(21,22)23/h2-8,16-17,24,30H,9-10H2,1H3,(H,26,31)/t16-,17+,34?/m1/s1. The van der Waals surface area contributed by atoms with Crippen LogP contribution in [0.5, 0.6) is 0 Å². The molecule has 0 radical (unpaired) electrons. The van der Waals surface area contributed by atoms with E-state index in [1.54, 1.807) is 7.05 Å². The highest BCUT2D eigenvalue weighted by atomic mass is 32.2. The molecule has 1 aliphatic rings. The van der Waals surface area contributed by atoms with Crippen molar-refractivity contribution in [1.29, 1.82) is 4.78 Å². The number of carbonyl (C=O) groups is 1. The highest BCUT2D eigenvalue weighted by Crippen LogP contribution is 2.30. The summed E-state index contributed by atoms with van der Waals surface area (Å²) in [7, 11) is -1.46. The van der Waals surface area contributed by atoms with Crippen LogP contribution in [-0.2, 0) is 23.0 Å². The minimum atomic E-state index is -4.54. The molecule has 10 nitrogen and oxygen atoms in total. The van der Waals surface area contributed by atoms with E-state index in [0.29, 0.717) is 0 Å². The molecule has 1 fully saturated rings. The van der Waals surface area contributed by atoms with E-state index in [1.165, 1.54) is 29.2 Å². The van der Waals surface area contributed by atoms with E-state index < -0.39 is 50.6 Å². The Kier molecular flexibility index (Phi) is 5.81. The van der Waals surface area contributed by atoms with Gasteiger partial charge >= 0.3 is 6.18 Å². The fourth-order valence-electron chi connectivity index (χ4n) is 3.57. The first-order chi connectivity index (χ1) is 15.8. The molecule has 3 aromatic rings. The minimum Gasteiger partial charge on any atom is -0.390 e. The number of aromatic nitrogens is 4. The van der Waals surface area contributed by atoms with Crippen molar-refractivity contribution in [3.63, 3.8) is 0 Å². The SMILES string of the molecule is Cn1cc(-n2nc(-c3ccc(C(F)(F)F)cc3)cc(C(=O)N[C@@H]3CS(=N)(=O)C[C@@H]3O)c2=O)cn1. The summed E-state index contributed by atoms with van der Waals surface area (Å²) in [5, 5.41) is 20.6. The number of hydrogen-bond donors (Lipinski definition) is 3. The number of aryl methyl sites for hydroxylation is 1. The minimum absolute atomic E-state index is 0.0404. The molecule has 2 aromatic heterocycles. The lowest BCUT2D eigenvalue weighted by atomic mass is 10.1. The molecule has 1 saturated heterocycles. The van der Waals surface area contributed by atoms with E-state index in [0.717, 1.165) is 22.9 Å². The Bertz CT molecular complexity index is 1410. The lowest BCUT2D eigenvalue weighted by molar-refractivity contribution is -0.137. The van der Waals surface area contributed by atoms with Crippen LogP contribution < -0.4 is 10.9 Å². The summed E-state index contributed by atoms with van der Waals surface area (Å²) < 4.78 is 60.7. The number of halogens is 3. The molecule has 1 amide bonds. The predicted molar refractivity (Wildman–Crippen MR) is 115 cm³/mol. The van der Waals surface area contributed by atoms with Crippen LogP contribution in [-0.4, -0.2) is 58.4 Å². The summed E-state index contributed by atoms with van der Waals surface area (Å²) in [5.74, 6) is -1.47. The summed E-state index contributed by atoms with van der Waals surface area (Å²) in [5.41, 5.74) is -1.63. The summed E-state index contributed by atoms with van der Waals surface area (Å²) in [6.07, 6.45) is -2.97. The molecular formula is C20H19F3N6O4S. The van der Waals surface area contributed by atoms with Crippen molar-refractivity contribution < 1.29 is 27.3 Å². The van der Waals surface area contributed by atoms with Crippen molar-refractivity contribution >= 4 is 15.6 Å². The number of hydrogen-bond acceptors (Lipinski definition) is 7. The summed E-state index contributed by atoms with van der Waals surface area (Å²) in [6, 6.07) is 4.19. The first kappa shape index (κ1) is 23.6. The number of carbonyl (C=O) groups excluding carboxylic acids is 1. The fraction of sp³-hybridized carbons (Fsp3) is 0.300. The van der Waals surface area contributed by atoms with Gasteiger partial charge < -0.3 is 10.4 Å². The van der Waals surface area contributed by atoms with E-state index in [1.807, 2.05) is 0 Å². The quantitative estimate of drug-likeness (QED) is 0.495. The molecule has 180 valence electrons. The molecule has 3 atom stereocenters. The molecule has 1 aromatic carbocycles. The van der Waals surface area contributed by atoms with Gasteiger partial charge in [0.1, 0.15) is 11.3 Å². The Labute approximate surface area is 191 Å². The van der Waals surface area contributed by atoms with Crippen LogP contribution in [0.3, 0.4) is 0 Å². The van der Waals surface area contributed by atoms with Crippen LogP contribution in [0.2, 0.25) is 0 Å². The maximum atomic E-state index is 13.1. The lowest BCUT2D eigenvalue weighted by Crippen LogP contribution is -2.44. The summed E-state index contributed by atoms with van der Waals surface area (Å²) in [6.45, 7) is 0. The first-order valence-electron chi connectivity index (χ1n) is 9.88. The van der Waals surface area contributed by atoms with Gasteiger partial charge in [-0.3, -0.25) is 19.1 Å². The summed E-state index contributed by atoms with van der Waals surface area (Å²) in [4.78, 5) is 26.0. The highest BCUT2D eigenvalue weighted by molar-refractivity contribution is 7.92. The molecule has 1 unspecified atom stereocenters. The van der Waals surface area contributed by atoms with Crippen LogP contribution in [0.25, 0.3) is 16.9 Å². The number of nitrogens with zero attached hydrogens (tertiary/aromatic N) is 4. The van der Waals surface area contributed by atoms with Crippen molar-refractivity contribution in [1.82, 2.24) is 24.9 Å². The Hall–Kier alpha value is -3.52. The molecule has 3 N–H and O–H groups in total. The maximum Gasteiger partial charge on any atom is 0.416 e. The third-order valence-electron chi connectivity index (χ3n) is 5.27. The second-order valence-corrected chi connectivity index (χ2v) is 10.2. The number of rotatable bonds is 4. The van der Waals surface area contributed by atoms with E-state index in [-0.39, 0.29) is 28.5 Å². The normalized spacial score (nSPS) is 22.6. The molecule has 0 spiro atoms. The number of aliphatic hydroxyl groups is 1. The van der Waals surface area contributed by atoms with Gasteiger partial charge in [-0.1, -0.05) is 12.1 Å². The second-order valence-electron chi connectivity index (χ2n) is 7.90. The summed E-state index contributed by atoms with van der Waals surface area (Å²) >= 11 is 0. The van der Waals surface area contributed by atoms with Gasteiger partial charge in [0.15, 0.2) is 0 Å². The zero-order chi connectivity index (χ0) is 24.8. The van der Waals surface area contributed by atoms with Gasteiger partial charge in [-0.25, -0.2) is 4.21 Å². The second kappa shape index (κ2) is 8.36. The van der Waals surface area contributed by atoms with Crippen LogP contribution >= 0.6 is 0 Å². The molecule has 34 heavy (non-hydrogen) atoms.